The van der Waals surface area contributed by atoms with E-state index in [1.807, 2.05) is 0 Å². The summed E-state index contributed by atoms with van der Waals surface area (Å²) in [6, 6.07) is 4.44. The van der Waals surface area contributed by atoms with Crippen molar-refractivity contribution in [1.29, 1.82) is 0 Å². The van der Waals surface area contributed by atoms with Gasteiger partial charge in [-0.05, 0) is 30.7 Å². The first-order valence-corrected chi connectivity index (χ1v) is 5.81. The van der Waals surface area contributed by atoms with Gasteiger partial charge in [0, 0.05) is 5.33 Å². The Balaban J connectivity index is 3.13. The first-order chi connectivity index (χ1) is 7.58. The third kappa shape index (κ3) is 3.06. The Labute approximate surface area is 101 Å². The summed E-state index contributed by atoms with van der Waals surface area (Å²) >= 11 is 3.22. The fourth-order valence-corrected chi connectivity index (χ4v) is 1.55. The van der Waals surface area contributed by atoms with Crippen molar-refractivity contribution in [3.05, 3.63) is 34.9 Å². The Hall–Kier alpha value is -1.36. The van der Waals surface area contributed by atoms with Crippen LogP contribution in [0.1, 0.15) is 33.2 Å². The molecule has 0 bridgehead atoms. The van der Waals surface area contributed by atoms with Gasteiger partial charge in [0.2, 0.25) is 0 Å². The van der Waals surface area contributed by atoms with Gasteiger partial charge in [0.25, 0.3) is 0 Å². The highest BCUT2D eigenvalue weighted by Crippen LogP contribution is 2.14. The van der Waals surface area contributed by atoms with Crippen molar-refractivity contribution in [3.63, 3.8) is 0 Å². The Bertz CT molecular complexity index is 414. The molecule has 1 rings (SSSR count). The molecule has 0 aliphatic rings. The van der Waals surface area contributed by atoms with E-state index >= 15 is 0 Å². The number of rotatable bonds is 4. The molecule has 0 heterocycles. The van der Waals surface area contributed by atoms with Crippen LogP contribution in [-0.2, 0) is 10.1 Å². The molecule has 1 aromatic carbocycles. The van der Waals surface area contributed by atoms with Crippen LogP contribution in [0.5, 0.6) is 0 Å². The lowest BCUT2D eigenvalue weighted by Gasteiger charge is -2.05. The van der Waals surface area contributed by atoms with Gasteiger partial charge in [0.05, 0.1) is 17.7 Å². The maximum atomic E-state index is 11.5. The molecule has 0 aliphatic heterocycles. The molecule has 0 radical (unpaired) electrons. The first-order valence-electron chi connectivity index (χ1n) is 4.68. The lowest BCUT2D eigenvalue weighted by Crippen LogP contribution is -2.07. The van der Waals surface area contributed by atoms with Crippen LogP contribution in [-0.4, -0.2) is 23.7 Å². The van der Waals surface area contributed by atoms with Crippen molar-refractivity contribution in [3.8, 4) is 0 Å². The van der Waals surface area contributed by atoms with E-state index in [4.69, 9.17) is 9.84 Å². The number of alkyl halides is 1. The molecular weight excluding hydrogens is 276 g/mol. The zero-order chi connectivity index (χ0) is 12.1. The third-order valence-corrected chi connectivity index (χ3v) is 2.55. The van der Waals surface area contributed by atoms with E-state index in [0.29, 0.717) is 5.33 Å². The fourth-order valence-electron chi connectivity index (χ4n) is 1.22. The summed E-state index contributed by atoms with van der Waals surface area (Å²) in [5.74, 6) is -1.57. The van der Waals surface area contributed by atoms with Crippen LogP contribution in [0.4, 0.5) is 0 Å². The van der Waals surface area contributed by atoms with E-state index in [1.165, 1.54) is 12.1 Å². The molecule has 86 valence electrons. The maximum Gasteiger partial charge on any atom is 0.338 e. The predicted octanol–water partition coefficient (Wildman–Crippen LogP) is 2.46. The lowest BCUT2D eigenvalue weighted by molar-refractivity contribution is 0.0526. The molecule has 4 nitrogen and oxygen atoms in total. The number of carbonyl (C=O) groups is 2. The molecule has 0 saturated heterocycles. The fraction of sp³-hybridized carbons (Fsp3) is 0.273. The van der Waals surface area contributed by atoms with Crippen LogP contribution in [0.2, 0.25) is 0 Å². The second-order valence-corrected chi connectivity index (χ2v) is 3.64. The first kappa shape index (κ1) is 12.7. The molecule has 0 aromatic heterocycles. The molecular formula is C11H11BrO4. The van der Waals surface area contributed by atoms with Gasteiger partial charge in [-0.2, -0.15) is 0 Å². The van der Waals surface area contributed by atoms with Gasteiger partial charge in [0.1, 0.15) is 0 Å². The molecule has 0 unspecified atom stereocenters. The number of carboxylic acid groups (broad SMARTS) is 1. The van der Waals surface area contributed by atoms with Gasteiger partial charge in [-0.3, -0.25) is 0 Å². The van der Waals surface area contributed by atoms with Gasteiger partial charge in [-0.25, -0.2) is 9.59 Å². The molecule has 1 aromatic rings. The van der Waals surface area contributed by atoms with Crippen LogP contribution >= 0.6 is 15.9 Å². The zero-order valence-electron chi connectivity index (χ0n) is 8.70. The summed E-state index contributed by atoms with van der Waals surface area (Å²) in [5.41, 5.74) is 1.07. The number of esters is 1. The van der Waals surface area contributed by atoms with E-state index in [9.17, 15) is 9.59 Å². The van der Waals surface area contributed by atoms with Crippen molar-refractivity contribution in [1.82, 2.24) is 0 Å². The second kappa shape index (κ2) is 5.65. The monoisotopic (exact) mass is 286 g/mol. The largest absolute Gasteiger partial charge is 0.478 e. The Morgan fingerprint density at radius 2 is 1.94 bits per heavy atom. The zero-order valence-corrected chi connectivity index (χ0v) is 10.3. The SMILES string of the molecule is CCOC(=O)c1cc(CBr)cc(C(=O)O)c1. The summed E-state index contributed by atoms with van der Waals surface area (Å²) in [6.45, 7) is 1.96. The number of carboxylic acids is 1. The van der Waals surface area contributed by atoms with E-state index in [-0.39, 0.29) is 17.7 Å². The lowest BCUT2D eigenvalue weighted by atomic mass is 10.1. The van der Waals surface area contributed by atoms with Crippen LogP contribution in [0.3, 0.4) is 0 Å². The van der Waals surface area contributed by atoms with Crippen molar-refractivity contribution in [2.45, 2.75) is 12.3 Å². The molecule has 1 N–H and O–H groups in total. The van der Waals surface area contributed by atoms with Gasteiger partial charge in [0.15, 0.2) is 0 Å². The molecule has 5 heteroatoms. The minimum Gasteiger partial charge on any atom is -0.478 e. The van der Waals surface area contributed by atoms with Crippen LogP contribution in [0.15, 0.2) is 18.2 Å². The second-order valence-electron chi connectivity index (χ2n) is 3.08. The quantitative estimate of drug-likeness (QED) is 0.682. The Morgan fingerprint density at radius 1 is 1.31 bits per heavy atom. The number of ether oxygens (including phenoxy) is 1. The third-order valence-electron chi connectivity index (χ3n) is 1.91. The number of halogens is 1. The highest BCUT2D eigenvalue weighted by Gasteiger charge is 2.12. The number of aromatic carboxylic acids is 1. The Kier molecular flexibility index (Phi) is 4.49. The summed E-state index contributed by atoms with van der Waals surface area (Å²) < 4.78 is 4.81. The minimum absolute atomic E-state index is 0.0833. The van der Waals surface area contributed by atoms with Crippen molar-refractivity contribution in [2.75, 3.05) is 6.61 Å². The van der Waals surface area contributed by atoms with Gasteiger partial charge in [-0.15, -0.1) is 0 Å². The van der Waals surface area contributed by atoms with Gasteiger partial charge >= 0.3 is 11.9 Å². The summed E-state index contributed by atoms with van der Waals surface area (Å²) in [4.78, 5) is 22.3. The highest BCUT2D eigenvalue weighted by atomic mass is 79.9. The predicted molar refractivity (Wildman–Crippen MR) is 62.0 cm³/mol. The van der Waals surface area contributed by atoms with E-state index in [2.05, 4.69) is 15.9 Å². The van der Waals surface area contributed by atoms with Gasteiger partial charge < -0.3 is 9.84 Å². The van der Waals surface area contributed by atoms with Crippen molar-refractivity contribution in [2.24, 2.45) is 0 Å². The van der Waals surface area contributed by atoms with E-state index in [0.717, 1.165) is 5.56 Å². The molecule has 0 fully saturated rings. The summed E-state index contributed by atoms with van der Waals surface area (Å²) in [5, 5.41) is 9.36. The van der Waals surface area contributed by atoms with E-state index < -0.39 is 11.9 Å². The number of benzene rings is 1. The van der Waals surface area contributed by atoms with Crippen molar-refractivity contribution >= 4 is 27.9 Å². The van der Waals surface area contributed by atoms with Gasteiger partial charge in [-0.1, -0.05) is 15.9 Å². The summed E-state index contributed by atoms with van der Waals surface area (Å²) in [6.07, 6.45) is 0. The average Bonchev–Trinajstić information content (AvgIpc) is 2.28. The standard InChI is InChI=1S/C11H11BrO4/c1-2-16-11(15)9-4-7(6-12)3-8(5-9)10(13)14/h3-5H,2,6H2,1H3,(H,13,14). The number of hydrogen-bond acceptors (Lipinski definition) is 3. The van der Waals surface area contributed by atoms with Crippen LogP contribution in [0.25, 0.3) is 0 Å². The average molecular weight is 287 g/mol. The topological polar surface area (TPSA) is 63.6 Å². The number of carbonyl (C=O) groups excluding carboxylic acids is 1. The summed E-state index contributed by atoms with van der Waals surface area (Å²) in [7, 11) is 0. The number of hydrogen-bond donors (Lipinski definition) is 1. The normalized spacial score (nSPS) is 9.88. The van der Waals surface area contributed by atoms with Crippen molar-refractivity contribution < 1.29 is 19.4 Å². The van der Waals surface area contributed by atoms with Crippen LogP contribution in [0, 0.1) is 0 Å². The molecule has 0 saturated carbocycles. The molecule has 0 amide bonds. The molecule has 0 aliphatic carbocycles. The molecule has 0 atom stereocenters. The van der Waals surface area contributed by atoms with E-state index in [1.54, 1.807) is 13.0 Å². The van der Waals surface area contributed by atoms with Crippen LogP contribution < -0.4 is 0 Å². The minimum atomic E-state index is -1.06. The maximum absolute atomic E-state index is 11.5. The highest BCUT2D eigenvalue weighted by molar-refractivity contribution is 9.08. The smallest absolute Gasteiger partial charge is 0.338 e. The molecule has 16 heavy (non-hydrogen) atoms. The Morgan fingerprint density at radius 3 is 2.44 bits per heavy atom. The molecule has 0 spiro atoms.